The number of rotatable bonds is 4. The molecule has 1 atom stereocenters. The van der Waals surface area contributed by atoms with Crippen molar-refractivity contribution in [1.82, 2.24) is 9.88 Å². The van der Waals surface area contributed by atoms with Crippen LogP contribution in [-0.2, 0) is 0 Å². The van der Waals surface area contributed by atoms with Gasteiger partial charge in [-0.25, -0.2) is 4.98 Å². The highest BCUT2D eigenvalue weighted by Gasteiger charge is 2.23. The summed E-state index contributed by atoms with van der Waals surface area (Å²) in [5, 5.41) is 0. The molecular weight excluding hydrogens is 214 g/mol. The molecule has 92 valence electrons. The van der Waals surface area contributed by atoms with Gasteiger partial charge in [0.2, 0.25) is 0 Å². The fourth-order valence-electron chi connectivity index (χ4n) is 2.43. The molecule has 0 radical (unpaired) electrons. The first kappa shape index (κ1) is 12.0. The number of carbonyl (C=O) groups excluding carboxylic acids is 1. The summed E-state index contributed by atoms with van der Waals surface area (Å²) in [5.74, 6) is 0.780. The van der Waals surface area contributed by atoms with E-state index in [1.165, 1.54) is 19.4 Å². The van der Waals surface area contributed by atoms with Crippen LogP contribution < -0.4 is 4.90 Å². The third kappa shape index (κ3) is 2.64. The molecule has 1 unspecified atom stereocenters. The molecule has 0 N–H and O–H groups in total. The van der Waals surface area contributed by atoms with E-state index in [0.29, 0.717) is 11.6 Å². The Morgan fingerprint density at radius 3 is 3.12 bits per heavy atom. The minimum Gasteiger partial charge on any atom is -0.358 e. The zero-order valence-electron chi connectivity index (χ0n) is 10.5. The van der Waals surface area contributed by atoms with Crippen LogP contribution in [0.2, 0.25) is 0 Å². The van der Waals surface area contributed by atoms with Crippen molar-refractivity contribution in [1.29, 1.82) is 0 Å². The largest absolute Gasteiger partial charge is 0.358 e. The van der Waals surface area contributed by atoms with Gasteiger partial charge in [-0.1, -0.05) is 0 Å². The van der Waals surface area contributed by atoms with E-state index in [1.54, 1.807) is 12.3 Å². The first-order valence-electron chi connectivity index (χ1n) is 6.04. The Morgan fingerprint density at radius 1 is 1.65 bits per heavy atom. The van der Waals surface area contributed by atoms with E-state index in [1.807, 2.05) is 13.1 Å². The highest BCUT2D eigenvalue weighted by molar-refractivity contribution is 5.82. The van der Waals surface area contributed by atoms with E-state index in [0.717, 1.165) is 18.6 Å². The van der Waals surface area contributed by atoms with Gasteiger partial charge in [-0.05, 0) is 38.6 Å². The smallest absolute Gasteiger partial charge is 0.153 e. The molecule has 1 saturated heterocycles. The van der Waals surface area contributed by atoms with Crippen LogP contribution >= 0.6 is 0 Å². The topological polar surface area (TPSA) is 36.4 Å². The minimum absolute atomic E-state index is 0.571. The molecule has 1 aromatic rings. The second kappa shape index (κ2) is 5.27. The third-order valence-corrected chi connectivity index (χ3v) is 3.46. The van der Waals surface area contributed by atoms with E-state index in [2.05, 4.69) is 21.8 Å². The van der Waals surface area contributed by atoms with E-state index in [4.69, 9.17) is 0 Å². The first-order chi connectivity index (χ1) is 8.22. The molecule has 0 bridgehead atoms. The Morgan fingerprint density at radius 2 is 2.47 bits per heavy atom. The zero-order chi connectivity index (χ0) is 12.3. The second-order valence-electron chi connectivity index (χ2n) is 4.69. The number of nitrogens with zero attached hydrogens (tertiary/aromatic N) is 3. The fraction of sp³-hybridized carbons (Fsp3) is 0.538. The van der Waals surface area contributed by atoms with Gasteiger partial charge in [0.05, 0.1) is 5.56 Å². The van der Waals surface area contributed by atoms with Crippen LogP contribution in [0.25, 0.3) is 0 Å². The summed E-state index contributed by atoms with van der Waals surface area (Å²) in [5.41, 5.74) is 0.663. The highest BCUT2D eigenvalue weighted by atomic mass is 16.1. The number of anilines is 1. The van der Waals surface area contributed by atoms with Crippen molar-refractivity contribution in [3.8, 4) is 0 Å². The second-order valence-corrected chi connectivity index (χ2v) is 4.69. The van der Waals surface area contributed by atoms with Crippen LogP contribution in [0.1, 0.15) is 23.2 Å². The van der Waals surface area contributed by atoms with Crippen molar-refractivity contribution in [2.24, 2.45) is 0 Å². The molecule has 0 saturated carbocycles. The lowest BCUT2D eigenvalue weighted by atomic mass is 10.2. The molecular formula is C13H19N3O. The number of aldehydes is 1. The monoisotopic (exact) mass is 233 g/mol. The Hall–Kier alpha value is -1.42. The van der Waals surface area contributed by atoms with Crippen LogP contribution in [0.3, 0.4) is 0 Å². The average molecular weight is 233 g/mol. The van der Waals surface area contributed by atoms with Gasteiger partial charge >= 0.3 is 0 Å². The molecule has 1 aliphatic heterocycles. The van der Waals surface area contributed by atoms with Gasteiger partial charge in [-0.3, -0.25) is 4.79 Å². The number of pyridine rings is 1. The molecule has 17 heavy (non-hydrogen) atoms. The van der Waals surface area contributed by atoms with Gasteiger partial charge in [0.15, 0.2) is 6.29 Å². The van der Waals surface area contributed by atoms with Crippen molar-refractivity contribution in [2.45, 2.75) is 18.9 Å². The Kier molecular flexibility index (Phi) is 3.74. The van der Waals surface area contributed by atoms with E-state index < -0.39 is 0 Å². The van der Waals surface area contributed by atoms with Crippen LogP contribution in [-0.4, -0.2) is 49.4 Å². The van der Waals surface area contributed by atoms with Gasteiger partial charge < -0.3 is 9.80 Å². The highest BCUT2D eigenvalue weighted by Crippen LogP contribution is 2.19. The fourth-order valence-corrected chi connectivity index (χ4v) is 2.43. The molecule has 0 aromatic carbocycles. The molecule has 1 fully saturated rings. The molecule has 0 spiro atoms. The summed E-state index contributed by atoms with van der Waals surface area (Å²) in [6.07, 6.45) is 5.09. The van der Waals surface area contributed by atoms with Crippen molar-refractivity contribution in [2.75, 3.05) is 32.1 Å². The number of likely N-dealkylation sites (N-methyl/N-ethyl adjacent to an activating group) is 2. The van der Waals surface area contributed by atoms with Crippen molar-refractivity contribution in [3.05, 3.63) is 23.9 Å². The quantitative estimate of drug-likeness (QED) is 0.737. The molecule has 4 heteroatoms. The Balaban J connectivity index is 2.08. The van der Waals surface area contributed by atoms with E-state index in [9.17, 15) is 4.79 Å². The average Bonchev–Trinajstić information content (AvgIpc) is 2.75. The first-order valence-corrected chi connectivity index (χ1v) is 6.04. The molecule has 0 amide bonds. The van der Waals surface area contributed by atoms with Gasteiger partial charge in [0.25, 0.3) is 0 Å². The van der Waals surface area contributed by atoms with Gasteiger partial charge in [0.1, 0.15) is 5.82 Å². The Labute approximate surface area is 102 Å². The maximum absolute atomic E-state index is 11.0. The normalized spacial score (nSPS) is 20.5. The zero-order valence-corrected chi connectivity index (χ0v) is 10.5. The lowest BCUT2D eigenvalue weighted by molar-refractivity contribution is 0.112. The summed E-state index contributed by atoms with van der Waals surface area (Å²) >= 11 is 0. The van der Waals surface area contributed by atoms with Gasteiger partial charge in [0, 0.05) is 25.8 Å². The predicted octanol–water partition coefficient (Wildman–Crippen LogP) is 1.42. The van der Waals surface area contributed by atoms with Crippen molar-refractivity contribution >= 4 is 12.1 Å². The lowest BCUT2D eigenvalue weighted by Gasteiger charge is -2.27. The van der Waals surface area contributed by atoms with E-state index in [-0.39, 0.29) is 0 Å². The number of hydrogen-bond acceptors (Lipinski definition) is 4. The van der Waals surface area contributed by atoms with Crippen LogP contribution in [0.5, 0.6) is 0 Å². The standard InChI is InChI=1S/C13H19N3O/c1-15-8-4-6-12(15)9-16(2)13-11(10-17)5-3-7-14-13/h3,5,7,10,12H,4,6,8-9H2,1-2H3. The number of carbonyl (C=O) groups is 1. The lowest BCUT2D eigenvalue weighted by Crippen LogP contribution is -2.37. The number of hydrogen-bond donors (Lipinski definition) is 0. The maximum atomic E-state index is 11.0. The predicted molar refractivity (Wildman–Crippen MR) is 68.5 cm³/mol. The number of likely N-dealkylation sites (tertiary alicyclic amines) is 1. The van der Waals surface area contributed by atoms with Crippen molar-refractivity contribution < 1.29 is 4.79 Å². The van der Waals surface area contributed by atoms with Crippen LogP contribution in [0.15, 0.2) is 18.3 Å². The molecule has 4 nitrogen and oxygen atoms in total. The number of aromatic nitrogens is 1. The maximum Gasteiger partial charge on any atom is 0.153 e. The summed E-state index contributed by atoms with van der Waals surface area (Å²) in [7, 11) is 4.16. The molecule has 1 aliphatic rings. The SMILES string of the molecule is CN(CC1CCCN1C)c1ncccc1C=O. The molecule has 2 heterocycles. The summed E-state index contributed by atoms with van der Waals surface area (Å²) in [6, 6.07) is 4.17. The van der Waals surface area contributed by atoms with Gasteiger partial charge in [-0.15, -0.1) is 0 Å². The van der Waals surface area contributed by atoms with E-state index >= 15 is 0 Å². The third-order valence-electron chi connectivity index (χ3n) is 3.46. The van der Waals surface area contributed by atoms with Crippen LogP contribution in [0.4, 0.5) is 5.82 Å². The van der Waals surface area contributed by atoms with Crippen molar-refractivity contribution in [3.63, 3.8) is 0 Å². The molecule has 1 aromatic heterocycles. The van der Waals surface area contributed by atoms with Gasteiger partial charge in [-0.2, -0.15) is 0 Å². The van der Waals surface area contributed by atoms with Crippen LogP contribution in [0, 0.1) is 0 Å². The summed E-state index contributed by atoms with van der Waals surface area (Å²) in [4.78, 5) is 19.7. The molecule has 0 aliphatic carbocycles. The Bertz CT molecular complexity index is 394. The molecule has 2 rings (SSSR count). The summed E-state index contributed by atoms with van der Waals surface area (Å²) in [6.45, 7) is 2.09. The minimum atomic E-state index is 0.571. The summed E-state index contributed by atoms with van der Waals surface area (Å²) < 4.78 is 0.